The quantitative estimate of drug-likeness (QED) is 0.733. The molecule has 0 aromatic carbocycles. The van der Waals surface area contributed by atoms with Crippen molar-refractivity contribution in [2.45, 2.75) is 38.3 Å². The summed E-state index contributed by atoms with van der Waals surface area (Å²) in [6, 6.07) is 3.84. The summed E-state index contributed by atoms with van der Waals surface area (Å²) in [4.78, 5) is 38.2. The largest absolute Gasteiger partial charge is 0.460 e. The second-order valence-corrected chi connectivity index (χ2v) is 8.41. The number of piperidine rings is 1. The Hall–Kier alpha value is -2.90. The number of likely N-dealkylation sites (tertiary alicyclic amines) is 1. The molecule has 0 N–H and O–H groups in total. The van der Waals surface area contributed by atoms with Crippen LogP contribution in [0, 0.1) is 5.41 Å². The number of anilines is 1. The number of hydrogen-bond acceptors (Lipinski definition) is 6. The maximum Gasteiger partial charge on any atom is 0.312 e. The molecule has 1 atom stereocenters. The van der Waals surface area contributed by atoms with E-state index in [-0.39, 0.29) is 18.0 Å². The Balaban J connectivity index is 1.24. The van der Waals surface area contributed by atoms with Gasteiger partial charge >= 0.3 is 5.97 Å². The Morgan fingerprint density at radius 1 is 1.28 bits per heavy atom. The lowest BCUT2D eigenvalue weighted by molar-refractivity contribution is -0.150. The van der Waals surface area contributed by atoms with Gasteiger partial charge in [-0.25, -0.2) is 9.97 Å². The molecule has 1 amide bonds. The van der Waals surface area contributed by atoms with Crippen molar-refractivity contribution >= 4 is 17.7 Å². The smallest absolute Gasteiger partial charge is 0.312 e. The molecule has 0 bridgehead atoms. The van der Waals surface area contributed by atoms with Crippen LogP contribution in [0.3, 0.4) is 0 Å². The van der Waals surface area contributed by atoms with Gasteiger partial charge in [-0.3, -0.25) is 9.59 Å². The van der Waals surface area contributed by atoms with E-state index in [1.807, 2.05) is 34.8 Å². The van der Waals surface area contributed by atoms with Crippen LogP contribution in [-0.4, -0.2) is 64.1 Å². The summed E-state index contributed by atoms with van der Waals surface area (Å²) in [5, 5.41) is 0. The molecule has 0 radical (unpaired) electrons. The first-order valence-electron chi connectivity index (χ1n) is 10.2. The van der Waals surface area contributed by atoms with E-state index in [2.05, 4.69) is 14.9 Å². The fraction of sp³-hybridized carbons (Fsp3) is 0.524. The number of cyclic esters (lactones) is 1. The molecule has 3 aliphatic heterocycles. The summed E-state index contributed by atoms with van der Waals surface area (Å²) >= 11 is 0. The van der Waals surface area contributed by atoms with E-state index in [0.29, 0.717) is 44.6 Å². The highest BCUT2D eigenvalue weighted by Gasteiger charge is 2.51. The average Bonchev–Trinajstić information content (AvgIpc) is 3.44. The van der Waals surface area contributed by atoms with E-state index in [0.717, 1.165) is 18.8 Å². The maximum atomic E-state index is 13.0. The Bertz CT molecular complexity index is 934. The van der Waals surface area contributed by atoms with Gasteiger partial charge in [0.25, 0.3) is 5.91 Å². The molecule has 3 aliphatic rings. The number of carbonyl (C=O) groups is 2. The van der Waals surface area contributed by atoms with Crippen LogP contribution in [0.2, 0.25) is 0 Å². The molecule has 5 rings (SSSR count). The number of rotatable bonds is 3. The van der Waals surface area contributed by atoms with Crippen LogP contribution in [0.5, 0.6) is 0 Å². The van der Waals surface area contributed by atoms with Crippen LogP contribution in [0.15, 0.2) is 30.9 Å². The number of likely N-dealkylation sites (N-methyl/N-ethyl adjacent to an activating group) is 1. The molecule has 2 aromatic rings. The zero-order chi connectivity index (χ0) is 20.0. The molecule has 29 heavy (non-hydrogen) atoms. The van der Waals surface area contributed by atoms with Crippen molar-refractivity contribution in [1.82, 2.24) is 19.4 Å². The number of imidazole rings is 1. The highest BCUT2D eigenvalue weighted by Crippen LogP contribution is 2.43. The van der Waals surface area contributed by atoms with Gasteiger partial charge in [0.05, 0.1) is 18.3 Å². The van der Waals surface area contributed by atoms with Crippen molar-refractivity contribution in [3.05, 3.63) is 42.1 Å². The highest BCUT2D eigenvalue weighted by molar-refractivity contribution is 5.93. The van der Waals surface area contributed by atoms with E-state index >= 15 is 0 Å². The standard InChI is InChI=1S/C21H25N5O3/c1-24-8-4-15-2-3-17(23-18(15)24)19(27)26-9-5-21(6-10-26)12-16(29-20(21)28)13-25-11-7-22-14-25/h2-3,7,11,14,16H,4-6,8-10,12-13H2,1H3. The first-order chi connectivity index (χ1) is 14.0. The molecule has 2 aromatic heterocycles. The normalized spacial score (nSPS) is 22.8. The van der Waals surface area contributed by atoms with Crippen molar-refractivity contribution in [3.63, 3.8) is 0 Å². The average molecular weight is 395 g/mol. The van der Waals surface area contributed by atoms with Crippen LogP contribution in [-0.2, 0) is 22.5 Å². The van der Waals surface area contributed by atoms with E-state index in [9.17, 15) is 9.59 Å². The molecule has 152 valence electrons. The van der Waals surface area contributed by atoms with E-state index in [1.165, 1.54) is 5.56 Å². The Kier molecular flexibility index (Phi) is 4.29. The van der Waals surface area contributed by atoms with Crippen LogP contribution >= 0.6 is 0 Å². The number of amides is 1. The zero-order valence-corrected chi connectivity index (χ0v) is 16.6. The summed E-state index contributed by atoms with van der Waals surface area (Å²) in [7, 11) is 2.00. The fourth-order valence-electron chi connectivity index (χ4n) is 4.79. The van der Waals surface area contributed by atoms with Crippen molar-refractivity contribution in [2.75, 3.05) is 31.6 Å². The number of aromatic nitrogens is 3. The summed E-state index contributed by atoms with van der Waals surface area (Å²) in [6.45, 7) is 2.68. The molecule has 0 aliphatic carbocycles. The minimum absolute atomic E-state index is 0.0516. The number of nitrogens with zero attached hydrogens (tertiary/aromatic N) is 5. The van der Waals surface area contributed by atoms with Gasteiger partial charge < -0.3 is 19.1 Å². The molecule has 5 heterocycles. The van der Waals surface area contributed by atoms with Gasteiger partial charge in [-0.15, -0.1) is 0 Å². The van der Waals surface area contributed by atoms with Crippen LogP contribution in [0.4, 0.5) is 5.82 Å². The van der Waals surface area contributed by atoms with Crippen molar-refractivity contribution in [2.24, 2.45) is 5.41 Å². The first-order valence-corrected chi connectivity index (χ1v) is 10.2. The monoisotopic (exact) mass is 395 g/mol. The summed E-state index contributed by atoms with van der Waals surface area (Å²) in [6.07, 6.45) is 8.17. The molecule has 1 spiro atoms. The minimum atomic E-state index is -0.465. The van der Waals surface area contributed by atoms with Gasteiger partial charge in [0, 0.05) is 45.5 Å². The highest BCUT2D eigenvalue weighted by atomic mass is 16.6. The summed E-state index contributed by atoms with van der Waals surface area (Å²) in [5.41, 5.74) is 1.22. The van der Waals surface area contributed by atoms with Gasteiger partial charge in [-0.1, -0.05) is 6.07 Å². The van der Waals surface area contributed by atoms with Gasteiger partial charge in [-0.2, -0.15) is 0 Å². The van der Waals surface area contributed by atoms with E-state index < -0.39 is 5.41 Å². The predicted molar refractivity (Wildman–Crippen MR) is 106 cm³/mol. The summed E-state index contributed by atoms with van der Waals surface area (Å²) in [5.74, 6) is 0.738. The van der Waals surface area contributed by atoms with Gasteiger partial charge in [0.15, 0.2) is 0 Å². The summed E-state index contributed by atoms with van der Waals surface area (Å²) < 4.78 is 7.60. The number of ether oxygens (including phenoxy) is 1. The lowest BCUT2D eigenvalue weighted by atomic mass is 9.76. The number of pyridine rings is 1. The predicted octanol–water partition coefficient (Wildman–Crippen LogP) is 1.51. The third-order valence-electron chi connectivity index (χ3n) is 6.56. The van der Waals surface area contributed by atoms with Crippen molar-refractivity contribution < 1.29 is 14.3 Å². The SMILES string of the molecule is CN1CCc2ccc(C(=O)N3CCC4(CC3)CC(Cn3ccnc3)OC4=O)nc21. The van der Waals surface area contributed by atoms with Gasteiger partial charge in [0.1, 0.15) is 17.6 Å². The van der Waals surface area contributed by atoms with Gasteiger partial charge in [0.2, 0.25) is 0 Å². The first kappa shape index (κ1) is 18.1. The molecule has 1 unspecified atom stereocenters. The van der Waals surface area contributed by atoms with Gasteiger partial charge in [-0.05, 0) is 30.9 Å². The zero-order valence-electron chi connectivity index (χ0n) is 16.6. The molecule has 2 fully saturated rings. The number of fused-ring (bicyclic) bond motifs is 1. The molecular weight excluding hydrogens is 370 g/mol. The lowest BCUT2D eigenvalue weighted by Gasteiger charge is -2.36. The van der Waals surface area contributed by atoms with Crippen LogP contribution in [0.1, 0.15) is 35.3 Å². The van der Waals surface area contributed by atoms with E-state index in [1.54, 1.807) is 12.5 Å². The Morgan fingerprint density at radius 3 is 2.86 bits per heavy atom. The number of hydrogen-bond donors (Lipinski definition) is 0. The van der Waals surface area contributed by atoms with Crippen molar-refractivity contribution in [3.8, 4) is 0 Å². The number of carbonyl (C=O) groups excluding carboxylic acids is 2. The Morgan fingerprint density at radius 2 is 2.10 bits per heavy atom. The molecule has 8 heteroatoms. The molecule has 8 nitrogen and oxygen atoms in total. The minimum Gasteiger partial charge on any atom is -0.460 e. The third-order valence-corrected chi connectivity index (χ3v) is 6.56. The topological polar surface area (TPSA) is 80.6 Å². The lowest BCUT2D eigenvalue weighted by Crippen LogP contribution is -2.45. The van der Waals surface area contributed by atoms with Crippen LogP contribution < -0.4 is 4.90 Å². The fourth-order valence-corrected chi connectivity index (χ4v) is 4.79. The van der Waals surface area contributed by atoms with Crippen LogP contribution in [0.25, 0.3) is 0 Å². The third kappa shape index (κ3) is 3.16. The number of esters is 1. The second kappa shape index (κ2) is 6.86. The Labute approximate surface area is 169 Å². The molecule has 0 saturated carbocycles. The molecule has 2 saturated heterocycles. The van der Waals surface area contributed by atoms with E-state index in [4.69, 9.17) is 4.74 Å². The van der Waals surface area contributed by atoms with Crippen molar-refractivity contribution in [1.29, 1.82) is 0 Å². The maximum absolute atomic E-state index is 13.0. The molecular formula is C21H25N5O3. The second-order valence-electron chi connectivity index (χ2n) is 8.41.